The molecule has 2 aromatic carbocycles. The fourth-order valence-electron chi connectivity index (χ4n) is 2.64. The van der Waals surface area contributed by atoms with E-state index in [4.69, 9.17) is 16.3 Å². The van der Waals surface area contributed by atoms with E-state index in [-0.39, 0.29) is 15.8 Å². The number of rotatable bonds is 2. The van der Waals surface area contributed by atoms with E-state index >= 15 is 0 Å². The summed E-state index contributed by atoms with van der Waals surface area (Å²) in [5.74, 6) is -0.899. The summed E-state index contributed by atoms with van der Waals surface area (Å²) >= 11 is 9.67. The van der Waals surface area contributed by atoms with Gasteiger partial charge in [-0.15, -0.1) is 0 Å². The van der Waals surface area contributed by atoms with Gasteiger partial charge in [-0.2, -0.15) is 0 Å². The summed E-state index contributed by atoms with van der Waals surface area (Å²) in [5, 5.41) is 0.222. The molecule has 0 saturated carbocycles. The standard InChI is InChI=1S/C16H12BrClF2O/c17-16(11-7-13(19)14(20)8-12(11)18)10-5-6-21-15-4-2-1-3-9(10)15/h1-4,7-8,10,16H,5-6H2. The second-order valence-electron chi connectivity index (χ2n) is 4.97. The van der Waals surface area contributed by atoms with Crippen LogP contribution in [0.5, 0.6) is 5.75 Å². The molecule has 0 amide bonds. The Hall–Kier alpha value is -1.13. The number of para-hydroxylation sites is 1. The summed E-state index contributed by atoms with van der Waals surface area (Å²) in [6.45, 7) is 0.588. The van der Waals surface area contributed by atoms with Crippen LogP contribution in [0, 0.1) is 11.6 Å². The number of fused-ring (bicyclic) bond motifs is 1. The van der Waals surface area contributed by atoms with E-state index in [0.717, 1.165) is 29.9 Å². The Morgan fingerprint density at radius 3 is 2.71 bits per heavy atom. The molecule has 2 unspecified atom stereocenters. The van der Waals surface area contributed by atoms with Gasteiger partial charge in [0, 0.05) is 15.8 Å². The van der Waals surface area contributed by atoms with Crippen molar-refractivity contribution >= 4 is 27.5 Å². The lowest BCUT2D eigenvalue weighted by molar-refractivity contribution is 0.266. The summed E-state index contributed by atoms with van der Waals surface area (Å²) in [4.78, 5) is -0.204. The van der Waals surface area contributed by atoms with E-state index in [1.54, 1.807) is 0 Å². The predicted molar refractivity (Wildman–Crippen MR) is 82.3 cm³/mol. The molecule has 0 saturated heterocycles. The first-order valence-electron chi connectivity index (χ1n) is 6.58. The first kappa shape index (κ1) is 14.8. The number of benzene rings is 2. The van der Waals surface area contributed by atoms with Crippen molar-refractivity contribution in [3.63, 3.8) is 0 Å². The number of halogens is 4. The van der Waals surface area contributed by atoms with Crippen molar-refractivity contribution in [3.8, 4) is 5.75 Å². The molecule has 110 valence electrons. The first-order valence-corrected chi connectivity index (χ1v) is 7.87. The highest BCUT2D eigenvalue weighted by atomic mass is 79.9. The van der Waals surface area contributed by atoms with Crippen LogP contribution in [-0.4, -0.2) is 6.61 Å². The molecule has 0 bridgehead atoms. The van der Waals surface area contributed by atoms with Crippen LogP contribution in [0.3, 0.4) is 0 Å². The van der Waals surface area contributed by atoms with Gasteiger partial charge in [0.15, 0.2) is 11.6 Å². The van der Waals surface area contributed by atoms with Crippen LogP contribution in [0.1, 0.15) is 28.3 Å². The quantitative estimate of drug-likeness (QED) is 0.490. The predicted octanol–water partition coefficient (Wildman–Crippen LogP) is 5.62. The largest absolute Gasteiger partial charge is 0.493 e. The fourth-order valence-corrected chi connectivity index (χ4v) is 3.97. The third kappa shape index (κ3) is 2.79. The molecule has 0 fully saturated rings. The Balaban J connectivity index is 2.00. The number of hydrogen-bond acceptors (Lipinski definition) is 1. The lowest BCUT2D eigenvalue weighted by Gasteiger charge is -2.30. The maximum atomic E-state index is 13.5. The van der Waals surface area contributed by atoms with Crippen molar-refractivity contribution in [2.45, 2.75) is 17.2 Å². The van der Waals surface area contributed by atoms with Gasteiger partial charge < -0.3 is 4.74 Å². The molecule has 21 heavy (non-hydrogen) atoms. The fraction of sp³-hybridized carbons (Fsp3) is 0.250. The Bertz CT molecular complexity index is 677. The van der Waals surface area contributed by atoms with Crippen molar-refractivity contribution in [3.05, 3.63) is 64.2 Å². The zero-order chi connectivity index (χ0) is 15.0. The van der Waals surface area contributed by atoms with Crippen LogP contribution in [-0.2, 0) is 0 Å². The molecule has 3 rings (SSSR count). The highest BCUT2D eigenvalue weighted by Crippen LogP contribution is 2.47. The molecule has 1 heterocycles. The van der Waals surface area contributed by atoms with E-state index in [9.17, 15) is 8.78 Å². The summed E-state index contributed by atoms with van der Waals surface area (Å²) in [5.41, 5.74) is 1.60. The molecule has 0 N–H and O–H groups in total. The molecule has 5 heteroatoms. The van der Waals surface area contributed by atoms with Crippen molar-refractivity contribution in [2.24, 2.45) is 0 Å². The lowest BCUT2D eigenvalue weighted by Crippen LogP contribution is -2.17. The molecule has 1 aliphatic rings. The summed E-state index contributed by atoms with van der Waals surface area (Å²) in [6, 6.07) is 9.93. The van der Waals surface area contributed by atoms with E-state index in [1.165, 1.54) is 0 Å². The molecule has 2 atom stereocenters. The smallest absolute Gasteiger partial charge is 0.160 e. The third-order valence-electron chi connectivity index (χ3n) is 3.69. The van der Waals surface area contributed by atoms with Crippen molar-refractivity contribution < 1.29 is 13.5 Å². The van der Waals surface area contributed by atoms with Gasteiger partial charge >= 0.3 is 0 Å². The van der Waals surface area contributed by atoms with Crippen LogP contribution in [0.2, 0.25) is 5.02 Å². The second kappa shape index (κ2) is 5.93. The van der Waals surface area contributed by atoms with E-state index in [2.05, 4.69) is 15.9 Å². The molecular formula is C16H12BrClF2O. The topological polar surface area (TPSA) is 9.23 Å². The number of alkyl halides is 1. The molecular weight excluding hydrogens is 362 g/mol. The van der Waals surface area contributed by atoms with Gasteiger partial charge in [0.05, 0.1) is 6.61 Å². The highest BCUT2D eigenvalue weighted by Gasteiger charge is 2.30. The average molecular weight is 374 g/mol. The minimum absolute atomic E-state index is 0.0947. The maximum Gasteiger partial charge on any atom is 0.160 e. The van der Waals surface area contributed by atoms with Crippen LogP contribution in [0.25, 0.3) is 0 Å². The van der Waals surface area contributed by atoms with Crippen molar-refractivity contribution in [1.82, 2.24) is 0 Å². The van der Waals surface area contributed by atoms with Gasteiger partial charge in [-0.05, 0) is 35.7 Å². The number of hydrogen-bond donors (Lipinski definition) is 0. The number of ether oxygens (including phenoxy) is 1. The lowest BCUT2D eigenvalue weighted by atomic mass is 9.87. The zero-order valence-electron chi connectivity index (χ0n) is 11.0. The van der Waals surface area contributed by atoms with Gasteiger partial charge in [0.25, 0.3) is 0 Å². The van der Waals surface area contributed by atoms with Crippen molar-refractivity contribution in [1.29, 1.82) is 0 Å². The Morgan fingerprint density at radius 2 is 1.90 bits per heavy atom. The Morgan fingerprint density at radius 1 is 1.19 bits per heavy atom. The van der Waals surface area contributed by atoms with Crippen LogP contribution in [0.4, 0.5) is 8.78 Å². The van der Waals surface area contributed by atoms with Gasteiger partial charge in [-0.25, -0.2) is 8.78 Å². The molecule has 0 aliphatic carbocycles. The molecule has 0 radical (unpaired) electrons. The van der Waals surface area contributed by atoms with Crippen LogP contribution >= 0.6 is 27.5 Å². The second-order valence-corrected chi connectivity index (χ2v) is 6.36. The van der Waals surface area contributed by atoms with Gasteiger partial charge in [-0.1, -0.05) is 45.7 Å². The summed E-state index contributed by atoms with van der Waals surface area (Å²) in [6.07, 6.45) is 0.780. The maximum absolute atomic E-state index is 13.5. The van der Waals surface area contributed by atoms with Gasteiger partial charge in [0.2, 0.25) is 0 Å². The Kier molecular flexibility index (Phi) is 4.18. The molecule has 2 aromatic rings. The van der Waals surface area contributed by atoms with Crippen molar-refractivity contribution in [2.75, 3.05) is 6.61 Å². The molecule has 1 aliphatic heterocycles. The average Bonchev–Trinajstić information content (AvgIpc) is 2.49. The summed E-state index contributed by atoms with van der Waals surface area (Å²) < 4.78 is 32.3. The van der Waals surface area contributed by atoms with E-state index < -0.39 is 11.6 Å². The van der Waals surface area contributed by atoms with E-state index in [1.807, 2.05) is 24.3 Å². The van der Waals surface area contributed by atoms with Crippen LogP contribution in [0.15, 0.2) is 36.4 Å². The molecule has 0 spiro atoms. The minimum Gasteiger partial charge on any atom is -0.493 e. The monoisotopic (exact) mass is 372 g/mol. The van der Waals surface area contributed by atoms with E-state index in [0.29, 0.717) is 12.2 Å². The van der Waals surface area contributed by atoms with Gasteiger partial charge in [0.1, 0.15) is 5.75 Å². The first-order chi connectivity index (χ1) is 10.1. The SMILES string of the molecule is Fc1cc(Cl)c(C(Br)C2CCOc3ccccc32)cc1F. The molecule has 1 nitrogen and oxygen atoms in total. The van der Waals surface area contributed by atoms with Crippen LogP contribution < -0.4 is 4.74 Å². The minimum atomic E-state index is -0.934. The normalized spacial score (nSPS) is 18.8. The molecule has 0 aromatic heterocycles. The summed E-state index contributed by atoms with van der Waals surface area (Å²) in [7, 11) is 0. The Labute approximate surface area is 135 Å². The zero-order valence-corrected chi connectivity index (χ0v) is 13.3. The van der Waals surface area contributed by atoms with Gasteiger partial charge in [-0.3, -0.25) is 0 Å². The highest BCUT2D eigenvalue weighted by molar-refractivity contribution is 9.09. The third-order valence-corrected chi connectivity index (χ3v) is 5.15.